The van der Waals surface area contributed by atoms with Crippen LogP contribution in [0.25, 0.3) is 6.08 Å². The molecule has 3 aromatic carbocycles. The Morgan fingerprint density at radius 1 is 0.931 bits per heavy atom. The maximum Gasteiger partial charge on any atom is 0.345 e. The first-order valence-corrected chi connectivity index (χ1v) is 9.56. The first-order chi connectivity index (χ1) is 13.9. The second kappa shape index (κ2) is 7.91. The van der Waals surface area contributed by atoms with Gasteiger partial charge in [-0.05, 0) is 48.0 Å². The molecule has 1 aliphatic rings. The van der Waals surface area contributed by atoms with Crippen LogP contribution in [-0.4, -0.2) is 11.8 Å². The van der Waals surface area contributed by atoms with Gasteiger partial charge in [0.1, 0.15) is 11.5 Å². The number of fused-ring (bicyclic) bond motifs is 1. The van der Waals surface area contributed by atoms with Crippen LogP contribution in [0.1, 0.15) is 26.3 Å². The van der Waals surface area contributed by atoms with E-state index in [1.807, 2.05) is 0 Å². The van der Waals surface area contributed by atoms with Crippen LogP contribution in [0.4, 0.5) is 0 Å². The number of ketones is 1. The average molecular weight is 446 g/mol. The molecule has 29 heavy (non-hydrogen) atoms. The number of rotatable bonds is 3. The third-order valence-corrected chi connectivity index (χ3v) is 5.09. The van der Waals surface area contributed by atoms with Crippen LogP contribution >= 0.6 is 34.8 Å². The Morgan fingerprint density at radius 3 is 2.48 bits per heavy atom. The lowest BCUT2D eigenvalue weighted by Crippen LogP contribution is -2.09. The van der Waals surface area contributed by atoms with E-state index in [0.717, 1.165) is 0 Å². The number of carbonyl (C=O) groups excluding carboxylic acids is 2. The summed E-state index contributed by atoms with van der Waals surface area (Å²) in [6.07, 6.45) is 1.54. The van der Waals surface area contributed by atoms with Gasteiger partial charge in [0.15, 0.2) is 5.76 Å². The fourth-order valence-electron chi connectivity index (χ4n) is 2.78. The highest BCUT2D eigenvalue weighted by Crippen LogP contribution is 2.36. The largest absolute Gasteiger partial charge is 0.452 e. The van der Waals surface area contributed by atoms with Crippen molar-refractivity contribution in [2.45, 2.75) is 0 Å². The van der Waals surface area contributed by atoms with Crippen molar-refractivity contribution >= 4 is 52.6 Å². The number of ether oxygens (including phenoxy) is 2. The summed E-state index contributed by atoms with van der Waals surface area (Å²) in [5.74, 6) is -0.277. The molecular weight excluding hydrogens is 435 g/mol. The summed E-state index contributed by atoms with van der Waals surface area (Å²) in [4.78, 5) is 24.9. The third-order valence-electron chi connectivity index (χ3n) is 4.19. The molecule has 0 spiro atoms. The topological polar surface area (TPSA) is 52.6 Å². The highest BCUT2D eigenvalue weighted by atomic mass is 35.5. The lowest BCUT2D eigenvalue weighted by molar-refractivity contribution is 0.0734. The number of benzene rings is 3. The maximum absolute atomic E-state index is 12.6. The highest BCUT2D eigenvalue weighted by molar-refractivity contribution is 6.35. The molecule has 144 valence electrons. The van der Waals surface area contributed by atoms with Crippen LogP contribution in [0.5, 0.6) is 11.5 Å². The van der Waals surface area contributed by atoms with Gasteiger partial charge in [-0.3, -0.25) is 4.79 Å². The number of allylic oxidation sites excluding steroid dienone is 1. The van der Waals surface area contributed by atoms with Crippen molar-refractivity contribution in [3.8, 4) is 11.5 Å². The zero-order valence-electron chi connectivity index (χ0n) is 14.6. The van der Waals surface area contributed by atoms with E-state index in [0.29, 0.717) is 21.2 Å². The van der Waals surface area contributed by atoms with Gasteiger partial charge in [0.2, 0.25) is 5.78 Å². The third kappa shape index (κ3) is 4.01. The summed E-state index contributed by atoms with van der Waals surface area (Å²) in [5.41, 5.74) is 1.20. The number of Topliss-reactive ketones (excluding diaryl/α,β-unsaturated/α-hetero) is 1. The van der Waals surface area contributed by atoms with Gasteiger partial charge in [-0.2, -0.15) is 0 Å². The minimum Gasteiger partial charge on any atom is -0.452 e. The lowest BCUT2D eigenvalue weighted by atomic mass is 10.1. The summed E-state index contributed by atoms with van der Waals surface area (Å²) in [6.45, 7) is 0. The van der Waals surface area contributed by atoms with E-state index in [1.165, 1.54) is 24.3 Å². The number of hydrogen-bond acceptors (Lipinski definition) is 4. The number of halogens is 3. The van der Waals surface area contributed by atoms with E-state index < -0.39 is 5.97 Å². The van der Waals surface area contributed by atoms with Gasteiger partial charge in [0, 0.05) is 16.1 Å². The molecule has 0 unspecified atom stereocenters. The molecule has 0 aromatic heterocycles. The second-order valence-electron chi connectivity index (χ2n) is 6.13. The van der Waals surface area contributed by atoms with Crippen LogP contribution in [0.15, 0.2) is 66.4 Å². The minimum absolute atomic E-state index is 0.110. The van der Waals surface area contributed by atoms with Gasteiger partial charge in [-0.1, -0.05) is 53.0 Å². The second-order valence-corrected chi connectivity index (χ2v) is 7.38. The molecule has 0 aliphatic carbocycles. The van der Waals surface area contributed by atoms with E-state index in [-0.39, 0.29) is 33.6 Å². The van der Waals surface area contributed by atoms with E-state index in [2.05, 4.69) is 0 Å². The zero-order chi connectivity index (χ0) is 20.5. The first kappa shape index (κ1) is 19.5. The number of hydrogen-bond donors (Lipinski definition) is 0. The van der Waals surface area contributed by atoms with Crippen LogP contribution in [0.3, 0.4) is 0 Å². The Labute approximate surface area is 181 Å². The molecule has 0 amide bonds. The molecule has 0 saturated heterocycles. The van der Waals surface area contributed by atoms with Crippen LogP contribution in [0, 0.1) is 0 Å². The van der Waals surface area contributed by atoms with E-state index in [4.69, 9.17) is 44.3 Å². The van der Waals surface area contributed by atoms with Gasteiger partial charge < -0.3 is 9.47 Å². The standard InChI is InChI=1S/C22H11Cl3O4/c23-13-6-5-12(18(25)10-13)9-20-21(26)16-8-7-14(11-19(16)29-20)28-22(27)15-3-1-2-4-17(15)24/h1-11H/b20-9-. The molecule has 0 atom stereocenters. The van der Waals surface area contributed by atoms with Crippen molar-refractivity contribution in [1.82, 2.24) is 0 Å². The molecule has 1 aliphatic heterocycles. The SMILES string of the molecule is O=C(Oc1ccc2c(c1)O/C(=C\c1ccc(Cl)cc1Cl)C2=O)c1ccccc1Cl. The van der Waals surface area contributed by atoms with Crippen molar-refractivity contribution in [2.24, 2.45) is 0 Å². The number of esters is 1. The van der Waals surface area contributed by atoms with Crippen molar-refractivity contribution in [3.63, 3.8) is 0 Å². The Kier molecular flexibility index (Phi) is 5.33. The van der Waals surface area contributed by atoms with Gasteiger partial charge >= 0.3 is 5.97 Å². The quantitative estimate of drug-likeness (QED) is 0.263. The van der Waals surface area contributed by atoms with Crippen LogP contribution in [-0.2, 0) is 0 Å². The van der Waals surface area contributed by atoms with Crippen molar-refractivity contribution in [2.75, 3.05) is 0 Å². The minimum atomic E-state index is -0.608. The fraction of sp³-hybridized carbons (Fsp3) is 0. The van der Waals surface area contributed by atoms with Gasteiger partial charge in [-0.25, -0.2) is 4.79 Å². The molecule has 3 aromatic rings. The van der Waals surface area contributed by atoms with Crippen molar-refractivity contribution in [1.29, 1.82) is 0 Å². The molecule has 0 fully saturated rings. The van der Waals surface area contributed by atoms with E-state index in [1.54, 1.807) is 42.5 Å². The Bertz CT molecular complexity index is 1180. The first-order valence-electron chi connectivity index (χ1n) is 8.42. The molecule has 0 saturated carbocycles. The van der Waals surface area contributed by atoms with Gasteiger partial charge in [0.05, 0.1) is 16.1 Å². The smallest absolute Gasteiger partial charge is 0.345 e. The predicted molar refractivity (Wildman–Crippen MR) is 112 cm³/mol. The van der Waals surface area contributed by atoms with Gasteiger partial charge in [0.25, 0.3) is 0 Å². The molecule has 0 radical (unpaired) electrons. The monoisotopic (exact) mass is 444 g/mol. The summed E-state index contributed by atoms with van der Waals surface area (Å²) >= 11 is 18.1. The molecule has 4 rings (SSSR count). The molecule has 0 N–H and O–H groups in total. The lowest BCUT2D eigenvalue weighted by Gasteiger charge is -2.06. The zero-order valence-corrected chi connectivity index (χ0v) is 16.9. The van der Waals surface area contributed by atoms with E-state index >= 15 is 0 Å². The molecule has 7 heteroatoms. The summed E-state index contributed by atoms with van der Waals surface area (Å²) in [6, 6.07) is 16.0. The van der Waals surface area contributed by atoms with Gasteiger partial charge in [-0.15, -0.1) is 0 Å². The Hall–Kier alpha value is -2.79. The number of carbonyl (C=O) groups is 2. The summed E-state index contributed by atoms with van der Waals surface area (Å²) < 4.78 is 11.0. The van der Waals surface area contributed by atoms with Crippen LogP contribution in [0.2, 0.25) is 15.1 Å². The average Bonchev–Trinajstić information content (AvgIpc) is 2.99. The molecule has 4 nitrogen and oxygen atoms in total. The molecule has 1 heterocycles. The highest BCUT2D eigenvalue weighted by Gasteiger charge is 2.28. The molecular formula is C22H11Cl3O4. The predicted octanol–water partition coefficient (Wildman–Crippen LogP) is 6.48. The van der Waals surface area contributed by atoms with Crippen LogP contribution < -0.4 is 9.47 Å². The van der Waals surface area contributed by atoms with Crippen molar-refractivity contribution < 1.29 is 19.1 Å². The molecule has 0 bridgehead atoms. The fourth-order valence-corrected chi connectivity index (χ4v) is 3.46. The summed E-state index contributed by atoms with van der Waals surface area (Å²) in [5, 5.41) is 1.17. The van der Waals surface area contributed by atoms with E-state index in [9.17, 15) is 9.59 Å². The summed E-state index contributed by atoms with van der Waals surface area (Å²) in [7, 11) is 0. The Morgan fingerprint density at radius 2 is 1.72 bits per heavy atom. The maximum atomic E-state index is 12.6. The Balaban J connectivity index is 1.58. The van der Waals surface area contributed by atoms with Crippen molar-refractivity contribution in [3.05, 3.63) is 98.2 Å². The normalized spacial score (nSPS) is 13.9.